The molecule has 176 valence electrons. The van der Waals surface area contributed by atoms with Crippen LogP contribution in [0.3, 0.4) is 0 Å². The van der Waals surface area contributed by atoms with Gasteiger partial charge in [-0.2, -0.15) is 0 Å². The van der Waals surface area contributed by atoms with E-state index in [-0.39, 0.29) is 17.2 Å². The molecule has 33 heavy (non-hydrogen) atoms. The molecule has 0 bridgehead atoms. The van der Waals surface area contributed by atoms with Crippen molar-refractivity contribution in [1.29, 1.82) is 0 Å². The summed E-state index contributed by atoms with van der Waals surface area (Å²) in [5.41, 5.74) is 2.70. The smallest absolute Gasteiger partial charge is 0.328 e. The molecule has 0 amide bonds. The molecule has 0 aliphatic rings. The van der Waals surface area contributed by atoms with Crippen molar-refractivity contribution >= 4 is 34.8 Å². The van der Waals surface area contributed by atoms with Crippen LogP contribution in [0.5, 0.6) is 0 Å². The fourth-order valence-electron chi connectivity index (χ4n) is 3.64. The van der Waals surface area contributed by atoms with Gasteiger partial charge in [0.05, 0.1) is 16.3 Å². The van der Waals surface area contributed by atoms with Crippen LogP contribution < -0.4 is 10.9 Å². The minimum Gasteiger partial charge on any atom is -0.478 e. The number of aryl methyl sites for hydroxylation is 2. The molecule has 1 unspecified atom stereocenters. The van der Waals surface area contributed by atoms with Gasteiger partial charge in [0.25, 0.3) is 5.56 Å². The summed E-state index contributed by atoms with van der Waals surface area (Å²) in [6.07, 6.45) is 8.46. The average Bonchev–Trinajstić information content (AvgIpc) is 3.26. The summed E-state index contributed by atoms with van der Waals surface area (Å²) in [6, 6.07) is 4.00. The van der Waals surface area contributed by atoms with E-state index >= 15 is 0 Å². The Morgan fingerprint density at radius 3 is 2.70 bits per heavy atom. The van der Waals surface area contributed by atoms with E-state index in [0.29, 0.717) is 17.4 Å². The Morgan fingerprint density at radius 1 is 1.27 bits per heavy atom. The molecule has 3 heterocycles. The lowest BCUT2D eigenvalue weighted by Gasteiger charge is -2.19. The monoisotopic (exact) mass is 468 g/mol. The average molecular weight is 469 g/mol. The standard InChI is InChI=1S/C25H32N4O3S/c1-5-7-18(6-2)26-24-19(9-11-23(30)31)25(32)29-13-12-17(14-21(29)28-24)8-10-22-27-20(15-33-22)16(3)4/h9,11-16,18,26H,5-8,10H2,1-4H3,(H,30,31)/b11-9+. The zero-order valence-electron chi connectivity index (χ0n) is 19.7. The highest BCUT2D eigenvalue weighted by molar-refractivity contribution is 7.09. The van der Waals surface area contributed by atoms with E-state index in [4.69, 9.17) is 15.1 Å². The van der Waals surface area contributed by atoms with Gasteiger partial charge >= 0.3 is 5.97 Å². The number of rotatable bonds is 11. The Balaban J connectivity index is 1.95. The lowest BCUT2D eigenvalue weighted by Crippen LogP contribution is -2.25. The first kappa shape index (κ1) is 24.6. The molecular formula is C25H32N4O3S. The van der Waals surface area contributed by atoms with Crippen LogP contribution in [0.4, 0.5) is 5.82 Å². The fraction of sp³-hybridized carbons (Fsp3) is 0.440. The molecule has 0 aliphatic heterocycles. The Morgan fingerprint density at radius 2 is 2.06 bits per heavy atom. The molecule has 0 saturated carbocycles. The Hall–Kier alpha value is -3.00. The van der Waals surface area contributed by atoms with Crippen molar-refractivity contribution in [3.8, 4) is 0 Å². The summed E-state index contributed by atoms with van der Waals surface area (Å²) < 4.78 is 1.47. The number of pyridine rings is 1. The predicted molar refractivity (Wildman–Crippen MR) is 134 cm³/mol. The highest BCUT2D eigenvalue weighted by atomic mass is 32.1. The first-order valence-electron chi connectivity index (χ1n) is 11.5. The Labute approximate surface area is 198 Å². The van der Waals surface area contributed by atoms with Gasteiger partial charge in [-0.15, -0.1) is 11.3 Å². The van der Waals surface area contributed by atoms with Gasteiger partial charge in [-0.05, 0) is 49.0 Å². The molecular weight excluding hydrogens is 436 g/mol. The molecule has 0 aromatic carbocycles. The minimum atomic E-state index is -1.11. The maximum absolute atomic E-state index is 13.2. The van der Waals surface area contributed by atoms with Crippen molar-refractivity contribution < 1.29 is 9.90 Å². The van der Waals surface area contributed by atoms with E-state index in [2.05, 4.69) is 38.4 Å². The molecule has 0 saturated heterocycles. The summed E-state index contributed by atoms with van der Waals surface area (Å²) >= 11 is 1.68. The number of carboxylic acid groups (broad SMARTS) is 1. The molecule has 0 fully saturated rings. The van der Waals surface area contributed by atoms with Gasteiger partial charge in [0.2, 0.25) is 0 Å². The minimum absolute atomic E-state index is 0.157. The number of aromatic nitrogens is 3. The molecule has 0 radical (unpaired) electrons. The second-order valence-corrected chi connectivity index (χ2v) is 9.42. The van der Waals surface area contributed by atoms with Crippen molar-refractivity contribution in [3.05, 3.63) is 62.0 Å². The number of carbonyl (C=O) groups is 1. The highest BCUT2D eigenvalue weighted by Crippen LogP contribution is 2.20. The second kappa shape index (κ2) is 11.2. The Kier molecular flexibility index (Phi) is 8.38. The first-order valence-corrected chi connectivity index (χ1v) is 12.4. The Bertz CT molecular complexity index is 1200. The van der Waals surface area contributed by atoms with E-state index in [1.165, 1.54) is 10.5 Å². The molecule has 3 aromatic heterocycles. The number of hydrogen-bond acceptors (Lipinski definition) is 6. The number of thiazole rings is 1. The maximum Gasteiger partial charge on any atom is 0.328 e. The highest BCUT2D eigenvalue weighted by Gasteiger charge is 2.15. The van der Waals surface area contributed by atoms with Crippen LogP contribution in [0.2, 0.25) is 0 Å². The van der Waals surface area contributed by atoms with Crippen molar-refractivity contribution in [1.82, 2.24) is 14.4 Å². The van der Waals surface area contributed by atoms with Crippen molar-refractivity contribution in [2.24, 2.45) is 0 Å². The van der Waals surface area contributed by atoms with Gasteiger partial charge in [-0.3, -0.25) is 9.20 Å². The third-order valence-corrected chi connectivity index (χ3v) is 6.51. The number of nitrogens with one attached hydrogen (secondary N) is 1. The molecule has 8 heteroatoms. The number of nitrogens with zero attached hydrogens (tertiary/aromatic N) is 3. The topological polar surface area (TPSA) is 96.6 Å². The molecule has 0 spiro atoms. The summed E-state index contributed by atoms with van der Waals surface area (Å²) in [5.74, 6) is -0.262. The van der Waals surface area contributed by atoms with E-state index < -0.39 is 5.97 Å². The predicted octanol–water partition coefficient (Wildman–Crippen LogP) is 5.15. The summed E-state index contributed by atoms with van der Waals surface area (Å²) in [4.78, 5) is 33.7. The summed E-state index contributed by atoms with van der Waals surface area (Å²) in [7, 11) is 0. The van der Waals surface area contributed by atoms with Crippen LogP contribution in [-0.2, 0) is 17.6 Å². The van der Waals surface area contributed by atoms with Crippen LogP contribution in [0, 0.1) is 0 Å². The van der Waals surface area contributed by atoms with Crippen LogP contribution >= 0.6 is 11.3 Å². The van der Waals surface area contributed by atoms with Crippen LogP contribution in [0.15, 0.2) is 34.6 Å². The van der Waals surface area contributed by atoms with Gasteiger partial charge < -0.3 is 10.4 Å². The lowest BCUT2D eigenvalue weighted by molar-refractivity contribution is -0.131. The van der Waals surface area contributed by atoms with Gasteiger partial charge in [0, 0.05) is 30.1 Å². The zero-order valence-corrected chi connectivity index (χ0v) is 20.5. The third-order valence-electron chi connectivity index (χ3n) is 5.58. The third kappa shape index (κ3) is 6.28. The van der Waals surface area contributed by atoms with Gasteiger partial charge in [0.15, 0.2) is 0 Å². The normalized spacial score (nSPS) is 12.6. The SMILES string of the molecule is CCCC(CC)Nc1nc2cc(CCc3nc(C(C)C)cs3)ccn2c(=O)c1/C=C/C(=O)O. The van der Waals surface area contributed by atoms with E-state index in [1.54, 1.807) is 17.5 Å². The molecule has 7 nitrogen and oxygen atoms in total. The van der Waals surface area contributed by atoms with Crippen LogP contribution in [0.25, 0.3) is 11.7 Å². The van der Waals surface area contributed by atoms with Crippen molar-refractivity contribution in [2.75, 3.05) is 5.32 Å². The number of hydrogen-bond donors (Lipinski definition) is 2. The number of fused-ring (bicyclic) bond motifs is 1. The number of aliphatic carboxylic acids is 1. The molecule has 2 N–H and O–H groups in total. The largest absolute Gasteiger partial charge is 0.478 e. The lowest BCUT2D eigenvalue weighted by atomic mass is 10.1. The summed E-state index contributed by atoms with van der Waals surface area (Å²) in [6.45, 7) is 8.47. The van der Waals surface area contributed by atoms with Gasteiger partial charge in [0.1, 0.15) is 11.5 Å². The van der Waals surface area contributed by atoms with E-state index in [1.807, 2.05) is 12.1 Å². The second-order valence-electron chi connectivity index (χ2n) is 8.47. The molecule has 3 rings (SSSR count). The van der Waals surface area contributed by atoms with Crippen molar-refractivity contribution in [2.45, 2.75) is 71.8 Å². The van der Waals surface area contributed by atoms with E-state index in [0.717, 1.165) is 54.4 Å². The van der Waals surface area contributed by atoms with E-state index in [9.17, 15) is 9.59 Å². The number of carboxylic acids is 1. The molecule has 1 atom stereocenters. The fourth-order valence-corrected chi connectivity index (χ4v) is 4.60. The van der Waals surface area contributed by atoms with Gasteiger partial charge in [-0.25, -0.2) is 14.8 Å². The van der Waals surface area contributed by atoms with Gasteiger partial charge in [-0.1, -0.05) is 34.1 Å². The number of anilines is 1. The van der Waals surface area contributed by atoms with Crippen LogP contribution in [-0.4, -0.2) is 31.5 Å². The zero-order chi connectivity index (χ0) is 24.0. The van der Waals surface area contributed by atoms with Crippen LogP contribution in [0.1, 0.15) is 74.7 Å². The molecule has 3 aromatic rings. The first-order chi connectivity index (χ1) is 15.8. The molecule has 0 aliphatic carbocycles. The maximum atomic E-state index is 13.2. The van der Waals surface area contributed by atoms with Crippen molar-refractivity contribution in [3.63, 3.8) is 0 Å². The quantitative estimate of drug-likeness (QED) is 0.378. The summed E-state index contributed by atoms with van der Waals surface area (Å²) in [5, 5.41) is 15.7.